The molecule has 0 radical (unpaired) electrons. The first-order valence-corrected chi connectivity index (χ1v) is 5.66. The first-order chi connectivity index (χ1) is 4.93. The maximum Gasteiger partial charge on any atom is -0.00391 e. The van der Waals surface area contributed by atoms with Gasteiger partial charge in [-0.2, -0.15) is 11.8 Å². The highest BCUT2D eigenvalue weighted by Crippen LogP contribution is 2.32. The summed E-state index contributed by atoms with van der Waals surface area (Å²) in [7, 11) is 0. The molecule has 0 aromatic rings. The first kappa shape index (κ1) is 8.45. The summed E-state index contributed by atoms with van der Waals surface area (Å²) in [5.41, 5.74) is 0. The van der Waals surface area contributed by atoms with Crippen LogP contribution < -0.4 is 0 Å². The molecule has 0 aliphatic heterocycles. The number of hydrogen-bond donors (Lipinski definition) is 0. The number of unbranched alkanes of at least 4 members (excludes halogenated alkanes) is 2. The summed E-state index contributed by atoms with van der Waals surface area (Å²) in [6, 6.07) is 0. The Morgan fingerprint density at radius 1 is 1.30 bits per heavy atom. The van der Waals surface area contributed by atoms with Gasteiger partial charge in [-0.15, -0.1) is 0 Å². The van der Waals surface area contributed by atoms with Crippen molar-refractivity contribution in [3.8, 4) is 0 Å². The average Bonchev–Trinajstić information content (AvgIpc) is 2.71. The third-order valence-electron chi connectivity index (χ3n) is 1.94. The Labute approximate surface area is 68.8 Å². The molecular formula is C9H18S. The van der Waals surface area contributed by atoms with Crippen LogP contribution in [0.3, 0.4) is 0 Å². The lowest BCUT2D eigenvalue weighted by atomic mass is 10.3. The van der Waals surface area contributed by atoms with Crippen LogP contribution in [0.2, 0.25) is 0 Å². The monoisotopic (exact) mass is 158 g/mol. The second-order valence-corrected chi connectivity index (χ2v) is 4.38. The van der Waals surface area contributed by atoms with Crippen LogP contribution in [0.15, 0.2) is 0 Å². The standard InChI is InChI=1S/C9H18S/c1-2-3-4-7-10-8-9-5-6-9/h9H,2-8H2,1H3. The average molecular weight is 158 g/mol. The highest BCUT2D eigenvalue weighted by atomic mass is 32.2. The van der Waals surface area contributed by atoms with Crippen LogP contribution in [0.4, 0.5) is 0 Å². The molecule has 0 nitrogen and oxygen atoms in total. The fourth-order valence-corrected chi connectivity index (χ4v) is 2.23. The summed E-state index contributed by atoms with van der Waals surface area (Å²) in [4.78, 5) is 0. The second kappa shape index (κ2) is 5.06. The van der Waals surface area contributed by atoms with Gasteiger partial charge in [0.05, 0.1) is 0 Å². The first-order valence-electron chi connectivity index (χ1n) is 4.51. The highest BCUT2D eigenvalue weighted by Gasteiger charge is 2.20. The smallest absolute Gasteiger partial charge is 0.00391 e. The SMILES string of the molecule is CCCCCSCC1CC1. The van der Waals surface area contributed by atoms with Gasteiger partial charge in [-0.05, 0) is 36.7 Å². The van der Waals surface area contributed by atoms with Crippen LogP contribution in [0.5, 0.6) is 0 Å². The Morgan fingerprint density at radius 3 is 2.70 bits per heavy atom. The van der Waals surface area contributed by atoms with Crippen LogP contribution in [0.25, 0.3) is 0 Å². The normalized spacial score (nSPS) is 17.7. The summed E-state index contributed by atoms with van der Waals surface area (Å²) in [5.74, 6) is 3.97. The van der Waals surface area contributed by atoms with Crippen molar-refractivity contribution in [2.24, 2.45) is 5.92 Å². The minimum absolute atomic E-state index is 1.12. The largest absolute Gasteiger partial charge is 0.162 e. The zero-order valence-corrected chi connectivity index (χ0v) is 7.75. The second-order valence-electron chi connectivity index (χ2n) is 3.23. The quantitative estimate of drug-likeness (QED) is 0.534. The van der Waals surface area contributed by atoms with Gasteiger partial charge in [-0.25, -0.2) is 0 Å². The van der Waals surface area contributed by atoms with E-state index >= 15 is 0 Å². The van der Waals surface area contributed by atoms with Crippen molar-refractivity contribution < 1.29 is 0 Å². The van der Waals surface area contributed by atoms with Crippen molar-refractivity contribution in [1.82, 2.24) is 0 Å². The van der Waals surface area contributed by atoms with Gasteiger partial charge in [0.15, 0.2) is 0 Å². The maximum absolute atomic E-state index is 2.27. The Hall–Kier alpha value is 0.350. The molecule has 1 aliphatic rings. The van der Waals surface area contributed by atoms with Crippen LogP contribution in [0.1, 0.15) is 39.0 Å². The van der Waals surface area contributed by atoms with Crippen molar-refractivity contribution in [3.63, 3.8) is 0 Å². The van der Waals surface area contributed by atoms with Gasteiger partial charge in [-0.3, -0.25) is 0 Å². The molecule has 10 heavy (non-hydrogen) atoms. The predicted octanol–water partition coefficient (Wildman–Crippen LogP) is 3.32. The summed E-state index contributed by atoms with van der Waals surface area (Å²) >= 11 is 2.16. The fraction of sp³-hybridized carbons (Fsp3) is 1.00. The Balaban J connectivity index is 1.68. The molecule has 0 atom stereocenters. The van der Waals surface area contributed by atoms with E-state index in [-0.39, 0.29) is 0 Å². The molecular weight excluding hydrogens is 140 g/mol. The Kier molecular flexibility index (Phi) is 4.27. The summed E-state index contributed by atoms with van der Waals surface area (Å²) in [6.45, 7) is 2.27. The van der Waals surface area contributed by atoms with Crippen LogP contribution in [-0.4, -0.2) is 11.5 Å². The molecule has 0 saturated heterocycles. The molecule has 1 heteroatoms. The molecule has 0 spiro atoms. The van der Waals surface area contributed by atoms with E-state index in [2.05, 4.69) is 18.7 Å². The molecule has 0 amide bonds. The zero-order chi connectivity index (χ0) is 7.23. The highest BCUT2D eigenvalue weighted by molar-refractivity contribution is 7.99. The van der Waals surface area contributed by atoms with Crippen molar-refractivity contribution in [2.45, 2.75) is 39.0 Å². The van der Waals surface area contributed by atoms with E-state index in [1.165, 1.54) is 43.6 Å². The molecule has 0 N–H and O–H groups in total. The predicted molar refractivity (Wildman–Crippen MR) is 49.6 cm³/mol. The van der Waals surface area contributed by atoms with Gasteiger partial charge < -0.3 is 0 Å². The van der Waals surface area contributed by atoms with Crippen molar-refractivity contribution in [1.29, 1.82) is 0 Å². The minimum atomic E-state index is 1.12. The summed E-state index contributed by atoms with van der Waals surface area (Å²) in [5, 5.41) is 0. The molecule has 1 aliphatic carbocycles. The van der Waals surface area contributed by atoms with Crippen LogP contribution in [-0.2, 0) is 0 Å². The Bertz CT molecular complexity index is 76.8. The molecule has 0 unspecified atom stereocenters. The number of rotatable bonds is 6. The summed E-state index contributed by atoms with van der Waals surface area (Å²) < 4.78 is 0. The van der Waals surface area contributed by atoms with E-state index in [1.807, 2.05) is 0 Å². The molecule has 1 rings (SSSR count). The maximum atomic E-state index is 2.27. The van der Waals surface area contributed by atoms with Crippen LogP contribution in [0, 0.1) is 5.92 Å². The van der Waals surface area contributed by atoms with Gasteiger partial charge in [-0.1, -0.05) is 19.8 Å². The number of thioether (sulfide) groups is 1. The van der Waals surface area contributed by atoms with Crippen molar-refractivity contribution in [2.75, 3.05) is 11.5 Å². The number of hydrogen-bond acceptors (Lipinski definition) is 1. The van der Waals surface area contributed by atoms with E-state index in [0.29, 0.717) is 0 Å². The topological polar surface area (TPSA) is 0 Å². The summed E-state index contributed by atoms with van der Waals surface area (Å²) in [6.07, 6.45) is 7.26. The minimum Gasteiger partial charge on any atom is -0.162 e. The van der Waals surface area contributed by atoms with Gasteiger partial charge in [0.2, 0.25) is 0 Å². The molecule has 0 aromatic carbocycles. The Morgan fingerprint density at radius 2 is 2.10 bits per heavy atom. The zero-order valence-electron chi connectivity index (χ0n) is 6.94. The lowest BCUT2D eigenvalue weighted by molar-refractivity contribution is 0.778. The fourth-order valence-electron chi connectivity index (χ4n) is 0.989. The van der Waals surface area contributed by atoms with Crippen molar-refractivity contribution in [3.05, 3.63) is 0 Å². The van der Waals surface area contributed by atoms with E-state index < -0.39 is 0 Å². The van der Waals surface area contributed by atoms with Gasteiger partial charge in [0.1, 0.15) is 0 Å². The van der Waals surface area contributed by atoms with Gasteiger partial charge in [0, 0.05) is 0 Å². The van der Waals surface area contributed by atoms with E-state index in [4.69, 9.17) is 0 Å². The lowest BCUT2D eigenvalue weighted by Gasteiger charge is -1.97. The van der Waals surface area contributed by atoms with Crippen LogP contribution >= 0.6 is 11.8 Å². The van der Waals surface area contributed by atoms with Gasteiger partial charge in [0.25, 0.3) is 0 Å². The lowest BCUT2D eigenvalue weighted by Crippen LogP contribution is -1.84. The van der Waals surface area contributed by atoms with E-state index in [1.54, 1.807) is 0 Å². The molecule has 0 bridgehead atoms. The molecule has 0 heterocycles. The molecule has 0 aromatic heterocycles. The van der Waals surface area contributed by atoms with E-state index in [0.717, 1.165) is 5.92 Å². The molecule has 1 saturated carbocycles. The molecule has 60 valence electrons. The van der Waals surface area contributed by atoms with E-state index in [9.17, 15) is 0 Å². The van der Waals surface area contributed by atoms with Gasteiger partial charge >= 0.3 is 0 Å². The molecule has 1 fully saturated rings. The third kappa shape index (κ3) is 4.21. The van der Waals surface area contributed by atoms with Crippen molar-refractivity contribution >= 4 is 11.8 Å². The third-order valence-corrected chi connectivity index (χ3v) is 3.23.